The lowest BCUT2D eigenvalue weighted by Crippen LogP contribution is -2.32. The van der Waals surface area contributed by atoms with Crippen molar-refractivity contribution in [2.24, 2.45) is 5.92 Å². The maximum Gasteiger partial charge on any atom is 0.267 e. The minimum absolute atomic E-state index is 0.0374. The number of thiazole rings is 1. The van der Waals surface area contributed by atoms with E-state index in [4.69, 9.17) is 0 Å². The summed E-state index contributed by atoms with van der Waals surface area (Å²) in [6.07, 6.45) is 1.30. The molecular weight excluding hydrogens is 404 g/mol. The fourth-order valence-electron chi connectivity index (χ4n) is 3.37. The molecule has 1 saturated heterocycles. The third-order valence-electron chi connectivity index (χ3n) is 4.85. The molecule has 2 aromatic heterocycles. The molecule has 1 unspecified atom stereocenters. The van der Waals surface area contributed by atoms with E-state index >= 15 is 0 Å². The average molecular weight is 427 g/mol. The van der Waals surface area contributed by atoms with Gasteiger partial charge in [-0.2, -0.15) is 0 Å². The average Bonchev–Trinajstić information content (AvgIpc) is 3.49. The molecule has 3 heterocycles. The molecule has 3 aromatic rings. The summed E-state index contributed by atoms with van der Waals surface area (Å²) in [5.41, 5.74) is 1.91. The van der Waals surface area contributed by atoms with E-state index in [0.29, 0.717) is 28.2 Å². The van der Waals surface area contributed by atoms with E-state index in [1.54, 1.807) is 6.07 Å². The monoisotopic (exact) mass is 426 g/mol. The van der Waals surface area contributed by atoms with Crippen molar-refractivity contribution < 1.29 is 9.59 Å². The van der Waals surface area contributed by atoms with Crippen LogP contribution in [0, 0.1) is 5.92 Å². The van der Waals surface area contributed by atoms with Crippen LogP contribution < -0.4 is 15.5 Å². The Bertz CT molecular complexity index is 956. The number of amides is 2. The van der Waals surface area contributed by atoms with E-state index in [2.05, 4.69) is 44.8 Å². The quantitative estimate of drug-likeness (QED) is 0.605. The molecule has 2 amide bonds. The summed E-state index contributed by atoms with van der Waals surface area (Å²) in [6.45, 7) is 2.65. The van der Waals surface area contributed by atoms with Gasteiger partial charge in [0.15, 0.2) is 5.13 Å². The Morgan fingerprint density at radius 1 is 1.14 bits per heavy atom. The molecule has 0 saturated carbocycles. The van der Waals surface area contributed by atoms with Crippen LogP contribution in [-0.2, 0) is 11.2 Å². The number of thiophene rings is 1. The first-order valence-corrected chi connectivity index (χ1v) is 11.3. The molecule has 1 aliphatic heterocycles. The van der Waals surface area contributed by atoms with Crippen LogP contribution in [0.1, 0.15) is 21.8 Å². The highest BCUT2D eigenvalue weighted by Gasteiger charge is 2.23. The number of hydrogen-bond acceptors (Lipinski definition) is 6. The molecule has 1 fully saturated rings. The van der Waals surface area contributed by atoms with Crippen molar-refractivity contribution in [1.82, 2.24) is 10.3 Å². The normalized spacial score (nSPS) is 16.0. The Balaban J connectivity index is 1.21. The van der Waals surface area contributed by atoms with Crippen molar-refractivity contribution in [2.45, 2.75) is 12.8 Å². The molecule has 0 radical (unpaired) electrons. The predicted octanol–water partition coefficient (Wildman–Crippen LogP) is 3.64. The molecule has 1 atom stereocenters. The van der Waals surface area contributed by atoms with Crippen LogP contribution in [0.15, 0.2) is 53.2 Å². The van der Waals surface area contributed by atoms with Crippen LogP contribution in [0.25, 0.3) is 0 Å². The van der Waals surface area contributed by atoms with E-state index in [9.17, 15) is 9.59 Å². The van der Waals surface area contributed by atoms with Crippen molar-refractivity contribution >= 4 is 45.3 Å². The van der Waals surface area contributed by atoms with Gasteiger partial charge in [-0.05, 0) is 35.9 Å². The van der Waals surface area contributed by atoms with Crippen molar-refractivity contribution in [3.8, 4) is 0 Å². The van der Waals surface area contributed by atoms with Gasteiger partial charge in [-0.1, -0.05) is 24.3 Å². The largest absolute Gasteiger partial charge is 0.371 e. The van der Waals surface area contributed by atoms with E-state index < -0.39 is 0 Å². The summed E-state index contributed by atoms with van der Waals surface area (Å²) in [7, 11) is 0. The number of anilines is 2. The van der Waals surface area contributed by atoms with Gasteiger partial charge in [0, 0.05) is 30.7 Å². The lowest BCUT2D eigenvalue weighted by molar-refractivity contribution is -0.120. The molecule has 8 heteroatoms. The summed E-state index contributed by atoms with van der Waals surface area (Å²) >= 11 is 2.72. The van der Waals surface area contributed by atoms with E-state index in [0.717, 1.165) is 19.5 Å². The molecule has 1 aliphatic rings. The molecule has 150 valence electrons. The Kier molecular flexibility index (Phi) is 6.21. The van der Waals surface area contributed by atoms with Gasteiger partial charge in [0.25, 0.3) is 5.91 Å². The maximum atomic E-state index is 12.3. The highest BCUT2D eigenvalue weighted by molar-refractivity contribution is 7.14. The topological polar surface area (TPSA) is 74.3 Å². The summed E-state index contributed by atoms with van der Waals surface area (Å²) in [5, 5.41) is 9.99. The summed E-state index contributed by atoms with van der Waals surface area (Å²) in [5.74, 6) is 0.245. The standard InChI is InChI=1S/C21H22N4O2S2/c26-19(22-12-15-8-9-25(13-15)17-5-2-1-3-6-17)11-16-14-29-21(23-16)24-20(27)18-7-4-10-28-18/h1-7,10,14-15H,8-9,11-13H2,(H,22,26)(H,23,24,27). The number of benzene rings is 1. The Hall–Kier alpha value is -2.71. The number of nitrogens with one attached hydrogen (secondary N) is 2. The van der Waals surface area contributed by atoms with E-state index in [-0.39, 0.29) is 18.2 Å². The summed E-state index contributed by atoms with van der Waals surface area (Å²) in [4.78, 5) is 31.7. The minimum Gasteiger partial charge on any atom is -0.371 e. The van der Waals surface area contributed by atoms with Gasteiger partial charge in [-0.3, -0.25) is 14.9 Å². The highest BCUT2D eigenvalue weighted by atomic mass is 32.1. The Morgan fingerprint density at radius 2 is 2.00 bits per heavy atom. The number of nitrogens with zero attached hydrogens (tertiary/aromatic N) is 2. The van der Waals surface area contributed by atoms with Gasteiger partial charge in [0.05, 0.1) is 17.0 Å². The first-order chi connectivity index (χ1) is 14.2. The first-order valence-electron chi connectivity index (χ1n) is 9.53. The van der Waals surface area contributed by atoms with Crippen LogP contribution in [0.4, 0.5) is 10.8 Å². The minimum atomic E-state index is -0.172. The van der Waals surface area contributed by atoms with Crippen LogP contribution in [-0.4, -0.2) is 36.4 Å². The molecule has 0 spiro atoms. The lowest BCUT2D eigenvalue weighted by Gasteiger charge is -2.18. The Labute approximate surface area is 177 Å². The molecule has 2 N–H and O–H groups in total. The molecule has 0 bridgehead atoms. The van der Waals surface area contributed by atoms with Crippen molar-refractivity contribution in [3.05, 3.63) is 63.8 Å². The number of rotatable bonds is 7. The molecular formula is C21H22N4O2S2. The Morgan fingerprint density at radius 3 is 2.79 bits per heavy atom. The number of aromatic nitrogens is 1. The third-order valence-corrected chi connectivity index (χ3v) is 6.53. The van der Waals surface area contributed by atoms with Crippen molar-refractivity contribution in [2.75, 3.05) is 29.9 Å². The van der Waals surface area contributed by atoms with Gasteiger partial charge in [-0.15, -0.1) is 22.7 Å². The number of carbonyl (C=O) groups is 2. The van der Waals surface area contributed by atoms with Gasteiger partial charge in [-0.25, -0.2) is 4.98 Å². The smallest absolute Gasteiger partial charge is 0.267 e. The number of hydrogen-bond donors (Lipinski definition) is 2. The number of para-hydroxylation sites is 1. The molecule has 4 rings (SSSR count). The first kappa shape index (κ1) is 19.6. The van der Waals surface area contributed by atoms with Crippen molar-refractivity contribution in [1.29, 1.82) is 0 Å². The fourth-order valence-corrected chi connectivity index (χ4v) is 4.69. The van der Waals surface area contributed by atoms with E-state index in [1.165, 1.54) is 28.4 Å². The second-order valence-corrected chi connectivity index (χ2v) is 8.80. The van der Waals surface area contributed by atoms with Gasteiger partial charge in [0.2, 0.25) is 5.91 Å². The molecule has 1 aromatic carbocycles. The molecule has 6 nitrogen and oxygen atoms in total. The van der Waals surface area contributed by atoms with E-state index in [1.807, 2.05) is 22.9 Å². The number of carbonyl (C=O) groups excluding carboxylic acids is 2. The van der Waals surface area contributed by atoms with Gasteiger partial charge >= 0.3 is 0 Å². The highest BCUT2D eigenvalue weighted by Crippen LogP contribution is 2.23. The predicted molar refractivity (Wildman–Crippen MR) is 118 cm³/mol. The zero-order valence-corrected chi connectivity index (χ0v) is 17.5. The van der Waals surface area contributed by atoms with Crippen LogP contribution in [0.5, 0.6) is 0 Å². The maximum absolute atomic E-state index is 12.3. The fraction of sp³-hybridized carbons (Fsp3) is 0.286. The molecule has 0 aliphatic carbocycles. The second kappa shape index (κ2) is 9.19. The van der Waals surface area contributed by atoms with Gasteiger partial charge < -0.3 is 10.2 Å². The van der Waals surface area contributed by atoms with Crippen LogP contribution in [0.3, 0.4) is 0 Å². The molecule has 29 heavy (non-hydrogen) atoms. The van der Waals surface area contributed by atoms with Gasteiger partial charge in [0.1, 0.15) is 0 Å². The SMILES string of the molecule is O=C(Cc1csc(NC(=O)c2cccs2)n1)NCC1CCN(c2ccccc2)C1. The second-order valence-electron chi connectivity index (χ2n) is 6.99. The zero-order valence-electron chi connectivity index (χ0n) is 15.8. The zero-order chi connectivity index (χ0) is 20.1. The lowest BCUT2D eigenvalue weighted by atomic mass is 10.1. The van der Waals surface area contributed by atoms with Crippen LogP contribution in [0.2, 0.25) is 0 Å². The van der Waals surface area contributed by atoms with Crippen LogP contribution >= 0.6 is 22.7 Å². The summed E-state index contributed by atoms with van der Waals surface area (Å²) < 4.78 is 0. The summed E-state index contributed by atoms with van der Waals surface area (Å²) in [6, 6.07) is 14.0. The third kappa shape index (κ3) is 5.21. The van der Waals surface area contributed by atoms with Crippen molar-refractivity contribution in [3.63, 3.8) is 0 Å².